The zero-order valence-electron chi connectivity index (χ0n) is 8.97. The third-order valence-corrected chi connectivity index (χ3v) is 2.97. The number of aliphatic hydroxyl groups excluding tert-OH is 1. The molecule has 0 bridgehead atoms. The molecule has 2 nitrogen and oxygen atoms in total. The van der Waals surface area contributed by atoms with Gasteiger partial charge in [-0.15, -0.1) is 0 Å². The summed E-state index contributed by atoms with van der Waals surface area (Å²) in [6.07, 6.45) is 6.21. The summed E-state index contributed by atoms with van der Waals surface area (Å²) in [5, 5.41) is 12.2. The van der Waals surface area contributed by atoms with Crippen LogP contribution in [0.4, 0.5) is 0 Å². The van der Waals surface area contributed by atoms with E-state index < -0.39 is 0 Å². The molecule has 0 aromatic rings. The predicted molar refractivity (Wildman–Crippen MR) is 55.7 cm³/mol. The van der Waals surface area contributed by atoms with E-state index in [-0.39, 0.29) is 0 Å². The quantitative estimate of drug-likeness (QED) is 0.656. The second-order valence-electron chi connectivity index (χ2n) is 4.99. The van der Waals surface area contributed by atoms with E-state index in [9.17, 15) is 0 Å². The Hall–Kier alpha value is -0.0800. The lowest BCUT2D eigenvalue weighted by Crippen LogP contribution is -2.37. The molecule has 1 atom stereocenters. The summed E-state index contributed by atoms with van der Waals surface area (Å²) in [4.78, 5) is 0. The minimum Gasteiger partial charge on any atom is -0.396 e. The molecule has 1 unspecified atom stereocenters. The van der Waals surface area contributed by atoms with Crippen molar-refractivity contribution in [3.8, 4) is 0 Å². The molecule has 0 aromatic carbocycles. The van der Waals surface area contributed by atoms with Crippen LogP contribution in [0.5, 0.6) is 0 Å². The third-order valence-electron chi connectivity index (χ3n) is 2.97. The smallest absolute Gasteiger partial charge is 0.0443 e. The van der Waals surface area contributed by atoms with E-state index >= 15 is 0 Å². The molecular weight excluding hydrogens is 162 g/mol. The van der Waals surface area contributed by atoms with Gasteiger partial charge in [-0.05, 0) is 37.6 Å². The van der Waals surface area contributed by atoms with Crippen molar-refractivity contribution in [2.45, 2.75) is 52.0 Å². The maximum Gasteiger partial charge on any atom is 0.0443 e. The van der Waals surface area contributed by atoms with Gasteiger partial charge in [0.15, 0.2) is 0 Å². The molecule has 78 valence electrons. The van der Waals surface area contributed by atoms with Gasteiger partial charge < -0.3 is 10.4 Å². The molecule has 0 aliphatic heterocycles. The van der Waals surface area contributed by atoms with Crippen LogP contribution in [-0.2, 0) is 0 Å². The molecule has 0 spiro atoms. The number of nitrogens with one attached hydrogen (secondary N) is 1. The molecule has 2 N–H and O–H groups in total. The zero-order valence-corrected chi connectivity index (χ0v) is 8.97. The summed E-state index contributed by atoms with van der Waals surface area (Å²) in [6, 6.07) is 0.690. The number of hydrogen-bond acceptors (Lipinski definition) is 2. The number of aliphatic hydroxyl groups is 1. The van der Waals surface area contributed by atoms with Gasteiger partial charge in [0.2, 0.25) is 0 Å². The van der Waals surface area contributed by atoms with Gasteiger partial charge in [0.1, 0.15) is 0 Å². The Morgan fingerprint density at radius 2 is 2.23 bits per heavy atom. The first-order valence-electron chi connectivity index (χ1n) is 5.48. The lowest BCUT2D eigenvalue weighted by atomic mass is 9.75. The van der Waals surface area contributed by atoms with Gasteiger partial charge in [0.25, 0.3) is 0 Å². The van der Waals surface area contributed by atoms with E-state index in [0.717, 1.165) is 13.0 Å². The van der Waals surface area contributed by atoms with Crippen molar-refractivity contribution in [2.24, 2.45) is 5.41 Å². The Morgan fingerprint density at radius 3 is 2.85 bits per heavy atom. The van der Waals surface area contributed by atoms with Crippen molar-refractivity contribution < 1.29 is 5.11 Å². The monoisotopic (exact) mass is 185 g/mol. The molecule has 13 heavy (non-hydrogen) atoms. The van der Waals surface area contributed by atoms with Crippen LogP contribution in [0.1, 0.15) is 46.0 Å². The minimum atomic E-state index is 0.309. The Labute approximate surface area is 81.7 Å². The summed E-state index contributed by atoms with van der Waals surface area (Å²) >= 11 is 0. The predicted octanol–water partition coefficient (Wildman–Crippen LogP) is 1.93. The second-order valence-corrected chi connectivity index (χ2v) is 4.99. The molecule has 0 heterocycles. The molecule has 0 radical (unpaired) electrons. The van der Waals surface area contributed by atoms with E-state index in [4.69, 9.17) is 5.11 Å². The molecule has 1 aliphatic rings. The van der Waals surface area contributed by atoms with Gasteiger partial charge in [-0.1, -0.05) is 20.3 Å². The Morgan fingerprint density at radius 1 is 1.46 bits per heavy atom. The van der Waals surface area contributed by atoms with Crippen LogP contribution in [0.2, 0.25) is 0 Å². The minimum absolute atomic E-state index is 0.309. The van der Waals surface area contributed by atoms with Gasteiger partial charge in [0, 0.05) is 12.6 Å². The second kappa shape index (κ2) is 4.97. The first kappa shape index (κ1) is 11.0. The first-order valence-corrected chi connectivity index (χ1v) is 5.48. The Kier molecular flexibility index (Phi) is 4.20. The fraction of sp³-hybridized carbons (Fsp3) is 1.00. The van der Waals surface area contributed by atoms with Crippen molar-refractivity contribution in [3.05, 3.63) is 0 Å². The highest BCUT2D eigenvalue weighted by Gasteiger charge is 2.27. The van der Waals surface area contributed by atoms with Crippen LogP contribution in [0.3, 0.4) is 0 Å². The third kappa shape index (κ3) is 4.10. The normalized spacial score (nSPS) is 27.5. The average molecular weight is 185 g/mol. The van der Waals surface area contributed by atoms with Crippen LogP contribution >= 0.6 is 0 Å². The lowest BCUT2D eigenvalue weighted by Gasteiger charge is -2.35. The molecule has 2 heteroatoms. The summed E-state index contributed by atoms with van der Waals surface area (Å²) in [7, 11) is 0. The molecule has 1 rings (SSSR count). The van der Waals surface area contributed by atoms with E-state index in [1.807, 2.05) is 0 Å². The summed E-state index contributed by atoms with van der Waals surface area (Å²) < 4.78 is 0. The average Bonchev–Trinajstić information content (AvgIpc) is 2.03. The SMILES string of the molecule is CC1(C)CCCC(NCCCO)C1. The van der Waals surface area contributed by atoms with E-state index in [1.54, 1.807) is 0 Å². The molecule has 0 amide bonds. The van der Waals surface area contributed by atoms with Crippen LogP contribution in [-0.4, -0.2) is 24.3 Å². The van der Waals surface area contributed by atoms with Crippen LogP contribution < -0.4 is 5.32 Å². The highest BCUT2D eigenvalue weighted by Crippen LogP contribution is 2.34. The molecule has 1 saturated carbocycles. The summed E-state index contributed by atoms with van der Waals surface area (Å²) in [6.45, 7) is 5.99. The highest BCUT2D eigenvalue weighted by atomic mass is 16.3. The van der Waals surface area contributed by atoms with Gasteiger partial charge in [-0.25, -0.2) is 0 Å². The van der Waals surface area contributed by atoms with Crippen molar-refractivity contribution in [1.82, 2.24) is 5.32 Å². The molecular formula is C11H23NO. The van der Waals surface area contributed by atoms with Crippen LogP contribution in [0.25, 0.3) is 0 Å². The summed E-state index contributed by atoms with van der Waals surface area (Å²) in [5.74, 6) is 0. The van der Waals surface area contributed by atoms with E-state index in [1.165, 1.54) is 25.7 Å². The van der Waals surface area contributed by atoms with Crippen molar-refractivity contribution >= 4 is 0 Å². The molecule has 1 fully saturated rings. The number of rotatable bonds is 4. The fourth-order valence-electron chi connectivity index (χ4n) is 2.26. The van der Waals surface area contributed by atoms with Gasteiger partial charge in [0.05, 0.1) is 0 Å². The first-order chi connectivity index (χ1) is 6.14. The van der Waals surface area contributed by atoms with E-state index in [0.29, 0.717) is 18.1 Å². The van der Waals surface area contributed by atoms with Crippen molar-refractivity contribution in [3.63, 3.8) is 0 Å². The molecule has 1 aliphatic carbocycles. The summed E-state index contributed by atoms with van der Waals surface area (Å²) in [5.41, 5.74) is 0.523. The fourth-order valence-corrected chi connectivity index (χ4v) is 2.26. The van der Waals surface area contributed by atoms with Crippen molar-refractivity contribution in [1.29, 1.82) is 0 Å². The van der Waals surface area contributed by atoms with Crippen LogP contribution in [0, 0.1) is 5.41 Å². The topological polar surface area (TPSA) is 32.3 Å². The Bertz CT molecular complexity index is 145. The molecule has 0 aromatic heterocycles. The lowest BCUT2D eigenvalue weighted by molar-refractivity contribution is 0.195. The van der Waals surface area contributed by atoms with Crippen molar-refractivity contribution in [2.75, 3.05) is 13.2 Å². The highest BCUT2D eigenvalue weighted by molar-refractivity contribution is 4.83. The zero-order chi connectivity index (χ0) is 9.73. The van der Waals surface area contributed by atoms with E-state index in [2.05, 4.69) is 19.2 Å². The molecule has 0 saturated heterocycles. The van der Waals surface area contributed by atoms with Gasteiger partial charge in [-0.2, -0.15) is 0 Å². The number of hydrogen-bond donors (Lipinski definition) is 2. The standard InChI is InChI=1S/C11H23NO/c1-11(2)6-3-5-10(9-11)12-7-4-8-13/h10,12-13H,3-9H2,1-2H3. The van der Waals surface area contributed by atoms with Gasteiger partial charge in [-0.3, -0.25) is 0 Å². The largest absolute Gasteiger partial charge is 0.396 e. The van der Waals surface area contributed by atoms with Gasteiger partial charge >= 0.3 is 0 Å². The van der Waals surface area contributed by atoms with Crippen LogP contribution in [0.15, 0.2) is 0 Å². The Balaban J connectivity index is 2.19. The maximum atomic E-state index is 8.66. The maximum absolute atomic E-state index is 8.66.